The van der Waals surface area contributed by atoms with Crippen molar-refractivity contribution in [3.8, 4) is 0 Å². The average molecular weight is 859 g/mol. The third-order valence-electron chi connectivity index (χ3n) is 14.3. The minimum absolute atomic E-state index is 0.0665. The maximum Gasteiger partial charge on any atom is 0.159 e. The second-order valence-electron chi connectivity index (χ2n) is 20.5. The van der Waals surface area contributed by atoms with Crippen LogP contribution in [0, 0.1) is 13.8 Å². The molecule has 1 aliphatic rings. The van der Waals surface area contributed by atoms with Crippen LogP contribution < -0.4 is 9.80 Å². The molecule has 324 valence electrons. The van der Waals surface area contributed by atoms with Gasteiger partial charge >= 0.3 is 0 Å². The Hall–Kier alpha value is -7.30. The summed E-state index contributed by atoms with van der Waals surface area (Å²) in [6, 6.07) is 55.9. The first-order chi connectivity index (χ1) is 31.9. The fourth-order valence-electron chi connectivity index (χ4n) is 11.1. The van der Waals surface area contributed by atoms with E-state index in [1.54, 1.807) is 0 Å². The Balaban J connectivity index is 1.11. The molecule has 0 N–H and O–H groups in total. The van der Waals surface area contributed by atoms with Gasteiger partial charge in [0.15, 0.2) is 5.58 Å². The Bertz CT molecular complexity index is 3750. The van der Waals surface area contributed by atoms with E-state index in [9.17, 15) is 0 Å². The lowest BCUT2D eigenvalue weighted by Crippen LogP contribution is -2.25. The number of hydrogen-bond donors (Lipinski definition) is 0. The van der Waals surface area contributed by atoms with Crippen molar-refractivity contribution in [2.24, 2.45) is 0 Å². The lowest BCUT2D eigenvalue weighted by molar-refractivity contribution is 0.479. The van der Waals surface area contributed by atoms with Crippen molar-refractivity contribution >= 4 is 99.7 Å². The number of rotatable bonds is 6. The Morgan fingerprint density at radius 1 is 0.439 bits per heavy atom. The predicted octanol–water partition coefficient (Wildman–Crippen LogP) is 18.2. The van der Waals surface area contributed by atoms with Gasteiger partial charge < -0.3 is 18.6 Å². The van der Waals surface area contributed by atoms with Crippen molar-refractivity contribution in [3.05, 3.63) is 191 Å². The molecule has 0 radical (unpaired) electrons. The van der Waals surface area contributed by atoms with E-state index in [1.807, 2.05) is 0 Å². The molecule has 1 aliphatic carbocycles. The molecule has 12 rings (SSSR count). The Labute approximate surface area is 386 Å². The lowest BCUT2D eigenvalue weighted by Gasteiger charge is -2.36. The fraction of sp³-hybridized carbons (Fsp3) is 0.194. The Morgan fingerprint density at radius 2 is 0.955 bits per heavy atom. The molecule has 0 spiro atoms. The summed E-state index contributed by atoms with van der Waals surface area (Å²) in [5.41, 5.74) is 14.3. The molecule has 11 aromatic rings. The highest BCUT2D eigenvalue weighted by Gasteiger charge is 2.34. The van der Waals surface area contributed by atoms with Gasteiger partial charge in [0.2, 0.25) is 0 Å². The molecule has 0 saturated carbocycles. The Kier molecular flexibility index (Phi) is 8.90. The number of anilines is 5. The molecular formula is C62H54N2O2. The van der Waals surface area contributed by atoms with Crippen molar-refractivity contribution in [3.63, 3.8) is 0 Å². The van der Waals surface area contributed by atoms with Crippen molar-refractivity contribution in [1.82, 2.24) is 0 Å². The summed E-state index contributed by atoms with van der Waals surface area (Å²) in [5.74, 6) is 1.02. The number of benzene rings is 9. The van der Waals surface area contributed by atoms with Crippen LogP contribution >= 0.6 is 0 Å². The first kappa shape index (κ1) is 40.2. The molecule has 0 fully saturated rings. The molecule has 66 heavy (non-hydrogen) atoms. The third kappa shape index (κ3) is 6.04. The second kappa shape index (κ2) is 14.6. The molecule has 1 atom stereocenters. The summed E-state index contributed by atoms with van der Waals surface area (Å²) in [6.07, 6.45) is 5.43. The van der Waals surface area contributed by atoms with Crippen LogP contribution in [0.2, 0.25) is 0 Å². The normalized spacial score (nSPS) is 14.4. The molecular weight excluding hydrogens is 805 g/mol. The highest BCUT2D eigenvalue weighted by Crippen LogP contribution is 2.52. The standard InChI is InChI=1S/C62H54N2O2/c1-37-17-9-11-25-49(37)63(53-27-15-21-43-41-19-13-23-47(61(3,4)5)57(41)65-59(43)53)51-35-31-39-30-34-46-52(36-32-40-29-33-45(51)55(39)56(40)46)64(50-26-12-10-18-38(50)2)54-28-16-22-44-42-20-14-24-48(62(6,7)8)58(42)66-60(44)54/h9-27,29-36,54H,28H2,1-8H3. The minimum Gasteiger partial charge on any atom is -0.458 e. The van der Waals surface area contributed by atoms with Gasteiger partial charge in [-0.1, -0.05) is 175 Å². The highest BCUT2D eigenvalue weighted by atomic mass is 16.3. The average Bonchev–Trinajstić information content (AvgIpc) is 3.89. The molecule has 9 aromatic carbocycles. The summed E-state index contributed by atoms with van der Waals surface area (Å²) in [7, 11) is 0. The maximum atomic E-state index is 7.15. The molecule has 0 saturated heterocycles. The second-order valence-corrected chi connectivity index (χ2v) is 20.5. The van der Waals surface area contributed by atoms with E-state index < -0.39 is 0 Å². The van der Waals surface area contributed by atoms with E-state index in [1.165, 1.54) is 71.2 Å². The number of para-hydroxylation sites is 5. The van der Waals surface area contributed by atoms with Crippen molar-refractivity contribution in [1.29, 1.82) is 0 Å². The van der Waals surface area contributed by atoms with Crippen molar-refractivity contribution in [2.75, 3.05) is 9.80 Å². The molecule has 4 nitrogen and oxygen atoms in total. The summed E-state index contributed by atoms with van der Waals surface area (Å²) < 4.78 is 14.2. The van der Waals surface area contributed by atoms with Crippen molar-refractivity contribution < 1.29 is 8.83 Å². The highest BCUT2D eigenvalue weighted by molar-refractivity contribution is 6.28. The summed E-state index contributed by atoms with van der Waals surface area (Å²) in [4.78, 5) is 5.00. The molecule has 4 heteroatoms. The summed E-state index contributed by atoms with van der Waals surface area (Å²) >= 11 is 0. The number of furan rings is 2. The van der Waals surface area contributed by atoms with Crippen LogP contribution in [0.3, 0.4) is 0 Å². The summed E-state index contributed by atoms with van der Waals surface area (Å²) in [6.45, 7) is 18.0. The zero-order valence-electron chi connectivity index (χ0n) is 39.1. The van der Waals surface area contributed by atoms with Crippen molar-refractivity contribution in [2.45, 2.75) is 78.7 Å². The van der Waals surface area contributed by atoms with Crippen LogP contribution in [-0.4, -0.2) is 0 Å². The molecule has 1 unspecified atom stereocenters. The first-order valence-electron chi connectivity index (χ1n) is 23.4. The zero-order valence-corrected chi connectivity index (χ0v) is 39.1. The minimum atomic E-state index is -0.0825. The van der Waals surface area contributed by atoms with Gasteiger partial charge in [0.1, 0.15) is 16.9 Å². The monoisotopic (exact) mass is 858 g/mol. The van der Waals surface area contributed by atoms with Crippen LogP contribution in [0.4, 0.5) is 28.4 Å². The van der Waals surface area contributed by atoms with E-state index >= 15 is 0 Å². The van der Waals surface area contributed by atoms with Crippen LogP contribution in [0.5, 0.6) is 0 Å². The third-order valence-corrected chi connectivity index (χ3v) is 14.3. The Morgan fingerprint density at radius 3 is 1.59 bits per heavy atom. The van der Waals surface area contributed by atoms with Gasteiger partial charge in [0.05, 0.1) is 17.4 Å². The molecule has 2 aromatic heterocycles. The van der Waals surface area contributed by atoms with Gasteiger partial charge in [-0.2, -0.15) is 0 Å². The van der Waals surface area contributed by atoms with E-state index in [4.69, 9.17) is 8.83 Å². The first-order valence-corrected chi connectivity index (χ1v) is 23.4. The molecule has 0 amide bonds. The molecule has 2 heterocycles. The topological polar surface area (TPSA) is 32.8 Å². The van der Waals surface area contributed by atoms with Gasteiger partial charge in [-0.25, -0.2) is 0 Å². The van der Waals surface area contributed by atoms with Crippen LogP contribution in [0.15, 0.2) is 167 Å². The quantitative estimate of drug-likeness (QED) is 0.156. The largest absolute Gasteiger partial charge is 0.458 e. The SMILES string of the molecule is Cc1ccccc1N(c1ccc2ccc3c(N(c4ccccc4C)C4CC=Cc5c4oc4c(C(C)(C)C)cccc54)ccc4ccc1c2c43)c1cccc2c1oc1c(C(C)(C)C)cccc12. The smallest absolute Gasteiger partial charge is 0.159 e. The van der Waals surface area contributed by atoms with E-state index in [0.717, 1.165) is 62.5 Å². The zero-order chi connectivity index (χ0) is 45.2. The van der Waals surface area contributed by atoms with Gasteiger partial charge in [0, 0.05) is 60.7 Å². The van der Waals surface area contributed by atoms with Gasteiger partial charge in [-0.15, -0.1) is 0 Å². The lowest BCUT2D eigenvalue weighted by atomic mass is 9.85. The van der Waals surface area contributed by atoms with Gasteiger partial charge in [-0.05, 0) is 94.1 Å². The van der Waals surface area contributed by atoms with Gasteiger partial charge in [0.25, 0.3) is 0 Å². The van der Waals surface area contributed by atoms with E-state index in [2.05, 4.69) is 229 Å². The van der Waals surface area contributed by atoms with Crippen LogP contribution in [-0.2, 0) is 10.8 Å². The molecule has 0 aliphatic heterocycles. The van der Waals surface area contributed by atoms with E-state index in [-0.39, 0.29) is 16.9 Å². The van der Waals surface area contributed by atoms with Crippen LogP contribution in [0.1, 0.15) is 87.6 Å². The number of nitrogens with zero attached hydrogens (tertiary/aromatic N) is 2. The van der Waals surface area contributed by atoms with Gasteiger partial charge in [-0.3, -0.25) is 0 Å². The molecule has 0 bridgehead atoms. The van der Waals surface area contributed by atoms with E-state index in [0.29, 0.717) is 0 Å². The van der Waals surface area contributed by atoms with Crippen LogP contribution in [0.25, 0.3) is 71.3 Å². The predicted molar refractivity (Wildman–Crippen MR) is 280 cm³/mol. The summed E-state index contributed by atoms with van der Waals surface area (Å²) in [5, 5.41) is 10.8. The fourth-order valence-corrected chi connectivity index (χ4v) is 11.1. The maximum absolute atomic E-state index is 7.15. The number of hydrogen-bond acceptors (Lipinski definition) is 4. The number of fused-ring (bicyclic) bond motifs is 6. The number of aryl methyl sites for hydroxylation is 2.